The summed E-state index contributed by atoms with van der Waals surface area (Å²) in [6.07, 6.45) is 6.44. The zero-order valence-electron chi connectivity index (χ0n) is 12.3. The minimum atomic E-state index is 0.749. The van der Waals surface area contributed by atoms with Crippen molar-refractivity contribution in [2.24, 2.45) is 0 Å². The number of nitrogen functional groups attached to an aromatic ring is 1. The van der Waals surface area contributed by atoms with E-state index in [1.807, 2.05) is 43.3 Å². The molecule has 1 aliphatic heterocycles. The van der Waals surface area contributed by atoms with Crippen molar-refractivity contribution in [3.63, 3.8) is 0 Å². The highest BCUT2D eigenvalue weighted by Crippen LogP contribution is 2.19. The Labute approximate surface area is 125 Å². The Balaban J connectivity index is 1.84. The van der Waals surface area contributed by atoms with Crippen LogP contribution in [-0.4, -0.2) is 23.1 Å². The van der Waals surface area contributed by atoms with Crippen LogP contribution >= 0.6 is 0 Å². The summed E-state index contributed by atoms with van der Waals surface area (Å²) in [5.74, 6) is 1.78. The normalized spacial score (nSPS) is 15.0. The molecule has 21 heavy (non-hydrogen) atoms. The summed E-state index contributed by atoms with van der Waals surface area (Å²) >= 11 is 0. The van der Waals surface area contributed by atoms with Gasteiger partial charge in [-0.15, -0.1) is 0 Å². The van der Waals surface area contributed by atoms with Crippen molar-refractivity contribution in [1.29, 1.82) is 0 Å². The van der Waals surface area contributed by atoms with Crippen LogP contribution in [0.1, 0.15) is 29.9 Å². The fraction of sp³-hybridized carbons (Fsp3) is 0.294. The van der Waals surface area contributed by atoms with Crippen LogP contribution in [0.3, 0.4) is 0 Å². The Morgan fingerprint density at radius 3 is 2.67 bits per heavy atom. The van der Waals surface area contributed by atoms with E-state index in [2.05, 4.69) is 20.9 Å². The molecule has 0 saturated carbocycles. The first-order chi connectivity index (χ1) is 10.2. The van der Waals surface area contributed by atoms with Gasteiger partial charge in [-0.2, -0.15) is 0 Å². The Morgan fingerprint density at radius 1 is 1.10 bits per heavy atom. The molecule has 3 rings (SSSR count). The number of nitrogens with zero attached hydrogens (tertiary/aromatic N) is 3. The molecule has 4 heteroatoms. The number of aryl methyl sites for hydroxylation is 1. The van der Waals surface area contributed by atoms with Crippen LogP contribution in [0.5, 0.6) is 0 Å². The molecule has 0 radical (unpaired) electrons. The van der Waals surface area contributed by atoms with Gasteiger partial charge in [0.2, 0.25) is 0 Å². The van der Waals surface area contributed by atoms with E-state index in [9.17, 15) is 0 Å². The van der Waals surface area contributed by atoms with E-state index in [1.54, 1.807) is 0 Å². The summed E-state index contributed by atoms with van der Waals surface area (Å²) in [6.45, 7) is 4.20. The first-order valence-corrected chi connectivity index (χ1v) is 7.35. The van der Waals surface area contributed by atoms with Crippen molar-refractivity contribution < 1.29 is 0 Å². The summed E-state index contributed by atoms with van der Waals surface area (Å²) in [7, 11) is 0. The largest absolute Gasteiger partial charge is 0.399 e. The van der Waals surface area contributed by atoms with Crippen LogP contribution in [0.15, 0.2) is 30.3 Å². The van der Waals surface area contributed by atoms with Crippen LogP contribution in [0, 0.1) is 6.92 Å². The average Bonchev–Trinajstić information content (AvgIpc) is 2.99. The minimum absolute atomic E-state index is 0.749. The highest BCUT2D eigenvalue weighted by Gasteiger charge is 2.14. The summed E-state index contributed by atoms with van der Waals surface area (Å²) in [5.41, 5.74) is 8.61. The summed E-state index contributed by atoms with van der Waals surface area (Å²) < 4.78 is 0. The van der Waals surface area contributed by atoms with Crippen molar-refractivity contribution in [3.8, 4) is 0 Å². The molecule has 4 nitrogen and oxygen atoms in total. The Kier molecular flexibility index (Phi) is 3.86. The molecule has 2 heterocycles. The van der Waals surface area contributed by atoms with Gasteiger partial charge in [-0.05, 0) is 43.5 Å². The van der Waals surface area contributed by atoms with Gasteiger partial charge in [-0.1, -0.05) is 18.2 Å². The first-order valence-electron chi connectivity index (χ1n) is 7.35. The maximum absolute atomic E-state index is 5.79. The molecule has 0 unspecified atom stereocenters. The molecular formula is C17H20N4. The fourth-order valence-corrected chi connectivity index (χ4v) is 2.59. The van der Waals surface area contributed by atoms with E-state index >= 15 is 0 Å². The van der Waals surface area contributed by atoms with Gasteiger partial charge in [0, 0.05) is 30.5 Å². The molecule has 0 aliphatic carbocycles. The molecule has 0 spiro atoms. The van der Waals surface area contributed by atoms with Crippen molar-refractivity contribution in [1.82, 2.24) is 9.97 Å². The van der Waals surface area contributed by atoms with Crippen molar-refractivity contribution in [2.45, 2.75) is 19.8 Å². The van der Waals surface area contributed by atoms with E-state index < -0.39 is 0 Å². The SMILES string of the molecule is Cc1cc(N2CCCC2)nc(C=Cc2cccc(N)c2)n1. The van der Waals surface area contributed by atoms with Crippen LogP contribution in [0.25, 0.3) is 12.2 Å². The second-order valence-corrected chi connectivity index (χ2v) is 5.42. The van der Waals surface area contributed by atoms with Gasteiger partial charge in [-0.25, -0.2) is 9.97 Å². The molecule has 1 aromatic carbocycles. The molecule has 1 fully saturated rings. The number of benzene rings is 1. The van der Waals surface area contributed by atoms with E-state index in [1.165, 1.54) is 12.8 Å². The fourth-order valence-electron chi connectivity index (χ4n) is 2.59. The highest BCUT2D eigenvalue weighted by atomic mass is 15.2. The van der Waals surface area contributed by atoms with Crippen LogP contribution < -0.4 is 10.6 Å². The second-order valence-electron chi connectivity index (χ2n) is 5.42. The predicted octanol–water partition coefficient (Wildman–Crippen LogP) is 3.14. The first kappa shape index (κ1) is 13.6. The molecule has 0 amide bonds. The van der Waals surface area contributed by atoms with E-state index in [0.717, 1.165) is 41.7 Å². The van der Waals surface area contributed by atoms with Gasteiger partial charge in [-0.3, -0.25) is 0 Å². The molecule has 1 saturated heterocycles. The zero-order valence-corrected chi connectivity index (χ0v) is 12.3. The zero-order chi connectivity index (χ0) is 14.7. The number of nitrogens with two attached hydrogens (primary N) is 1. The smallest absolute Gasteiger partial charge is 0.154 e. The summed E-state index contributed by atoms with van der Waals surface area (Å²) in [5, 5.41) is 0. The topological polar surface area (TPSA) is 55.0 Å². The highest BCUT2D eigenvalue weighted by molar-refractivity contribution is 5.69. The maximum Gasteiger partial charge on any atom is 0.154 e. The third kappa shape index (κ3) is 3.40. The number of hydrogen-bond donors (Lipinski definition) is 1. The lowest BCUT2D eigenvalue weighted by atomic mass is 10.2. The van der Waals surface area contributed by atoms with Crippen LogP contribution in [0.2, 0.25) is 0 Å². The van der Waals surface area contributed by atoms with E-state index in [-0.39, 0.29) is 0 Å². The third-order valence-electron chi connectivity index (χ3n) is 3.62. The number of hydrogen-bond acceptors (Lipinski definition) is 4. The molecular weight excluding hydrogens is 260 g/mol. The molecule has 108 valence electrons. The van der Waals surface area contributed by atoms with E-state index in [0.29, 0.717) is 0 Å². The monoisotopic (exact) mass is 280 g/mol. The van der Waals surface area contributed by atoms with Gasteiger partial charge in [0.15, 0.2) is 5.82 Å². The lowest BCUT2D eigenvalue weighted by molar-refractivity contribution is 0.915. The second kappa shape index (κ2) is 5.95. The predicted molar refractivity (Wildman–Crippen MR) is 88.0 cm³/mol. The number of rotatable bonds is 3. The molecule has 2 aromatic rings. The van der Waals surface area contributed by atoms with Gasteiger partial charge in [0.1, 0.15) is 5.82 Å². The van der Waals surface area contributed by atoms with Crippen LogP contribution in [0.4, 0.5) is 11.5 Å². The number of aromatic nitrogens is 2. The molecule has 0 bridgehead atoms. The molecule has 1 aliphatic rings. The van der Waals surface area contributed by atoms with Gasteiger partial charge in [0.05, 0.1) is 0 Å². The van der Waals surface area contributed by atoms with Crippen molar-refractivity contribution >= 4 is 23.7 Å². The molecule has 0 atom stereocenters. The molecule has 2 N–H and O–H groups in total. The summed E-state index contributed by atoms with van der Waals surface area (Å²) in [6, 6.07) is 9.84. The lowest BCUT2D eigenvalue weighted by Crippen LogP contribution is -2.19. The third-order valence-corrected chi connectivity index (χ3v) is 3.62. The Hall–Kier alpha value is -2.36. The average molecular weight is 280 g/mol. The minimum Gasteiger partial charge on any atom is -0.399 e. The maximum atomic E-state index is 5.79. The molecule has 1 aromatic heterocycles. The van der Waals surface area contributed by atoms with Gasteiger partial charge >= 0.3 is 0 Å². The van der Waals surface area contributed by atoms with E-state index in [4.69, 9.17) is 5.73 Å². The van der Waals surface area contributed by atoms with Gasteiger partial charge < -0.3 is 10.6 Å². The van der Waals surface area contributed by atoms with Gasteiger partial charge in [0.25, 0.3) is 0 Å². The lowest BCUT2D eigenvalue weighted by Gasteiger charge is -2.16. The van der Waals surface area contributed by atoms with Crippen molar-refractivity contribution in [2.75, 3.05) is 23.7 Å². The summed E-state index contributed by atoms with van der Waals surface area (Å²) in [4.78, 5) is 11.5. The van der Waals surface area contributed by atoms with Crippen molar-refractivity contribution in [3.05, 3.63) is 47.4 Å². The quantitative estimate of drug-likeness (QED) is 0.878. The number of anilines is 2. The standard InChI is InChI=1S/C17H20N4/c1-13-11-17(21-9-2-3-10-21)20-16(19-13)8-7-14-5-4-6-15(18)12-14/h4-8,11-12H,2-3,9-10,18H2,1H3. The Bertz CT molecular complexity index is 658. The Morgan fingerprint density at radius 2 is 1.90 bits per heavy atom. The van der Waals surface area contributed by atoms with Crippen LogP contribution in [-0.2, 0) is 0 Å².